The summed E-state index contributed by atoms with van der Waals surface area (Å²) < 4.78 is 0. The molecule has 3 aromatic rings. The highest BCUT2D eigenvalue weighted by Gasteiger charge is 2.16. The van der Waals surface area contributed by atoms with Crippen molar-refractivity contribution in [2.45, 2.75) is 18.8 Å². The number of aromatic carboxylic acids is 1. The summed E-state index contributed by atoms with van der Waals surface area (Å²) >= 11 is 0. The van der Waals surface area contributed by atoms with Crippen LogP contribution in [0.5, 0.6) is 0 Å². The lowest BCUT2D eigenvalue weighted by Crippen LogP contribution is -2.26. The van der Waals surface area contributed by atoms with E-state index in [4.69, 9.17) is 5.26 Å². The third kappa shape index (κ3) is 4.85. The second kappa shape index (κ2) is 9.46. The van der Waals surface area contributed by atoms with E-state index in [1.807, 2.05) is 18.2 Å². The number of carboxylic acid groups (broad SMARTS) is 1. The number of nitriles is 1. The molecular weight excluding hydrogens is 402 g/mol. The summed E-state index contributed by atoms with van der Waals surface area (Å²) in [4.78, 5) is 24.3. The van der Waals surface area contributed by atoms with Gasteiger partial charge in [-0.2, -0.15) is 5.26 Å². The molecule has 160 valence electrons. The Morgan fingerprint density at radius 1 is 0.906 bits per heavy atom. The van der Waals surface area contributed by atoms with Crippen LogP contribution < -0.4 is 10.6 Å². The lowest BCUT2D eigenvalue weighted by Gasteiger charge is -2.23. The topological polar surface area (TPSA) is 102 Å². The molecule has 1 aliphatic rings. The molecule has 32 heavy (non-hydrogen) atoms. The number of nitrogens with one attached hydrogen (secondary N) is 2. The van der Waals surface area contributed by atoms with Crippen LogP contribution in [0.1, 0.15) is 50.6 Å². The molecular formula is C26H23N3O3. The average Bonchev–Trinajstić information content (AvgIpc) is 2.84. The van der Waals surface area contributed by atoms with Crippen LogP contribution in [-0.4, -0.2) is 30.1 Å². The Balaban J connectivity index is 1.59. The Bertz CT molecular complexity index is 1170. The fraction of sp³-hybridized carbons (Fsp3) is 0.192. The molecule has 4 rings (SSSR count). The van der Waals surface area contributed by atoms with Crippen molar-refractivity contribution in [3.05, 3.63) is 89.0 Å². The van der Waals surface area contributed by atoms with Gasteiger partial charge in [-0.15, -0.1) is 0 Å². The van der Waals surface area contributed by atoms with Crippen LogP contribution in [0.2, 0.25) is 0 Å². The number of carbonyl (C=O) groups excluding carboxylic acids is 1. The molecule has 0 saturated carbocycles. The first-order valence-corrected chi connectivity index (χ1v) is 10.5. The van der Waals surface area contributed by atoms with Gasteiger partial charge in [-0.05, 0) is 91.0 Å². The monoisotopic (exact) mass is 425 g/mol. The van der Waals surface area contributed by atoms with Crippen LogP contribution in [0, 0.1) is 11.3 Å². The zero-order valence-corrected chi connectivity index (χ0v) is 17.5. The molecule has 6 heteroatoms. The Kier molecular flexibility index (Phi) is 6.29. The van der Waals surface area contributed by atoms with Crippen LogP contribution in [0.25, 0.3) is 11.1 Å². The van der Waals surface area contributed by atoms with Gasteiger partial charge in [0.05, 0.1) is 17.2 Å². The van der Waals surface area contributed by atoms with Gasteiger partial charge < -0.3 is 15.7 Å². The summed E-state index contributed by atoms with van der Waals surface area (Å²) in [5.41, 5.74) is 4.24. The van der Waals surface area contributed by atoms with E-state index in [9.17, 15) is 14.7 Å². The fourth-order valence-corrected chi connectivity index (χ4v) is 3.99. The summed E-state index contributed by atoms with van der Waals surface area (Å²) in [5, 5.41) is 24.6. The minimum Gasteiger partial charge on any atom is -0.478 e. The predicted octanol–water partition coefficient (Wildman–Crippen LogP) is 4.64. The standard InChI is InChI=1S/C26H23N3O3/c27-16-17-1-3-21(4-2-17)25(30)29-24-14-22(13-23(15-24)26(31)32)19-7-5-18(6-8-19)20-9-11-28-12-10-20/h1-8,13-15,20,28H,9-12H2,(H,29,30)(H,31,32). The van der Waals surface area contributed by atoms with E-state index in [2.05, 4.69) is 22.8 Å². The highest BCUT2D eigenvalue weighted by molar-refractivity contribution is 6.05. The van der Waals surface area contributed by atoms with E-state index in [0.29, 0.717) is 22.7 Å². The molecule has 1 aliphatic heterocycles. The summed E-state index contributed by atoms with van der Waals surface area (Å²) in [6.07, 6.45) is 2.22. The number of nitrogens with zero attached hydrogens (tertiary/aromatic N) is 1. The largest absolute Gasteiger partial charge is 0.478 e. The number of anilines is 1. The SMILES string of the molecule is N#Cc1ccc(C(=O)Nc2cc(C(=O)O)cc(-c3ccc(C4CCNCC4)cc3)c2)cc1. The summed E-state index contributed by atoms with van der Waals surface area (Å²) in [7, 11) is 0. The molecule has 0 bridgehead atoms. The third-order valence-electron chi connectivity index (χ3n) is 5.77. The lowest BCUT2D eigenvalue weighted by atomic mass is 9.89. The van der Waals surface area contributed by atoms with Gasteiger partial charge in [-0.3, -0.25) is 4.79 Å². The van der Waals surface area contributed by atoms with Crippen LogP contribution in [0.15, 0.2) is 66.7 Å². The van der Waals surface area contributed by atoms with Gasteiger partial charge in [-0.25, -0.2) is 4.79 Å². The molecule has 0 aliphatic carbocycles. The Morgan fingerprint density at radius 2 is 1.59 bits per heavy atom. The van der Waals surface area contributed by atoms with Crippen molar-refractivity contribution in [1.29, 1.82) is 5.26 Å². The first-order valence-electron chi connectivity index (χ1n) is 10.5. The van der Waals surface area contributed by atoms with Gasteiger partial charge >= 0.3 is 5.97 Å². The van der Waals surface area contributed by atoms with Crippen molar-refractivity contribution in [3.63, 3.8) is 0 Å². The van der Waals surface area contributed by atoms with Crippen molar-refractivity contribution < 1.29 is 14.7 Å². The molecule has 0 unspecified atom stereocenters. The van der Waals surface area contributed by atoms with Crippen molar-refractivity contribution >= 4 is 17.6 Å². The zero-order chi connectivity index (χ0) is 22.5. The quantitative estimate of drug-likeness (QED) is 0.553. The van der Waals surface area contributed by atoms with Crippen molar-refractivity contribution in [2.24, 2.45) is 0 Å². The molecule has 1 saturated heterocycles. The summed E-state index contributed by atoms with van der Waals surface area (Å²) in [6.45, 7) is 2.05. The Hall–Kier alpha value is -3.95. The number of rotatable bonds is 5. The van der Waals surface area contributed by atoms with Gasteiger partial charge in [0.25, 0.3) is 5.91 Å². The lowest BCUT2D eigenvalue weighted by molar-refractivity contribution is 0.0696. The molecule has 0 atom stereocenters. The van der Waals surface area contributed by atoms with Crippen LogP contribution in [0.3, 0.4) is 0 Å². The third-order valence-corrected chi connectivity index (χ3v) is 5.77. The maximum absolute atomic E-state index is 12.6. The molecule has 0 radical (unpaired) electrons. The highest BCUT2D eigenvalue weighted by Crippen LogP contribution is 2.30. The van der Waals surface area contributed by atoms with Crippen molar-refractivity contribution in [2.75, 3.05) is 18.4 Å². The molecule has 1 amide bonds. The number of hydrogen-bond acceptors (Lipinski definition) is 4. The highest BCUT2D eigenvalue weighted by atomic mass is 16.4. The number of carbonyl (C=O) groups is 2. The van der Waals surface area contributed by atoms with E-state index >= 15 is 0 Å². The van der Waals surface area contributed by atoms with E-state index in [0.717, 1.165) is 37.1 Å². The van der Waals surface area contributed by atoms with Crippen molar-refractivity contribution in [3.8, 4) is 17.2 Å². The van der Waals surface area contributed by atoms with Gasteiger partial charge in [0, 0.05) is 11.3 Å². The minimum absolute atomic E-state index is 0.0973. The molecule has 3 aromatic carbocycles. The molecule has 0 spiro atoms. The number of benzene rings is 3. The molecule has 6 nitrogen and oxygen atoms in total. The maximum Gasteiger partial charge on any atom is 0.335 e. The van der Waals surface area contributed by atoms with Crippen LogP contribution in [-0.2, 0) is 0 Å². The van der Waals surface area contributed by atoms with Crippen molar-refractivity contribution in [1.82, 2.24) is 5.32 Å². The first kappa shape index (κ1) is 21.3. The second-order valence-corrected chi connectivity index (χ2v) is 7.89. The van der Waals surface area contributed by atoms with E-state index < -0.39 is 5.97 Å². The number of amides is 1. The molecule has 1 fully saturated rings. The summed E-state index contributed by atoms with van der Waals surface area (Å²) in [6, 6.07) is 21.3. The Labute approximate surface area is 186 Å². The van der Waals surface area contributed by atoms with E-state index in [-0.39, 0.29) is 11.5 Å². The fourth-order valence-electron chi connectivity index (χ4n) is 3.99. The van der Waals surface area contributed by atoms with Gasteiger partial charge in [-0.1, -0.05) is 24.3 Å². The van der Waals surface area contributed by atoms with E-state index in [1.165, 1.54) is 11.6 Å². The van der Waals surface area contributed by atoms with Gasteiger partial charge in [0.2, 0.25) is 0 Å². The average molecular weight is 425 g/mol. The van der Waals surface area contributed by atoms with Crippen LogP contribution >= 0.6 is 0 Å². The molecule has 3 N–H and O–H groups in total. The predicted molar refractivity (Wildman–Crippen MR) is 123 cm³/mol. The van der Waals surface area contributed by atoms with Crippen LogP contribution in [0.4, 0.5) is 5.69 Å². The van der Waals surface area contributed by atoms with Gasteiger partial charge in [0.1, 0.15) is 0 Å². The molecule has 0 aromatic heterocycles. The Morgan fingerprint density at radius 3 is 2.22 bits per heavy atom. The smallest absolute Gasteiger partial charge is 0.335 e. The first-order chi connectivity index (χ1) is 15.5. The van der Waals surface area contributed by atoms with Gasteiger partial charge in [0.15, 0.2) is 0 Å². The molecule has 1 heterocycles. The summed E-state index contributed by atoms with van der Waals surface area (Å²) in [5.74, 6) is -0.894. The van der Waals surface area contributed by atoms with E-state index in [1.54, 1.807) is 36.4 Å². The second-order valence-electron chi connectivity index (χ2n) is 7.89. The zero-order valence-electron chi connectivity index (χ0n) is 17.5. The minimum atomic E-state index is -1.06. The number of hydrogen-bond donors (Lipinski definition) is 3. The number of carboxylic acids is 1. The number of piperidine rings is 1. The normalized spacial score (nSPS) is 13.8. The maximum atomic E-state index is 12.6.